The Labute approximate surface area is 155 Å². The molecule has 0 bridgehead atoms. The molecule has 0 heterocycles. The largest absolute Gasteiger partial charge is 0.490 e. The topological polar surface area (TPSA) is 83.1 Å². The van der Waals surface area contributed by atoms with Crippen LogP contribution in [0.5, 0.6) is 17.2 Å². The molecule has 0 aromatic heterocycles. The Kier molecular flexibility index (Phi) is 9.33. The molecular formula is C19H29NO6. The average molecular weight is 367 g/mol. The highest BCUT2D eigenvalue weighted by atomic mass is 16.5. The minimum absolute atomic E-state index is 0.0285. The number of rotatable bonds is 11. The van der Waals surface area contributed by atoms with E-state index in [9.17, 15) is 9.59 Å². The van der Waals surface area contributed by atoms with E-state index in [2.05, 4.69) is 5.32 Å². The Bertz CT molecular complexity index is 575. The van der Waals surface area contributed by atoms with Gasteiger partial charge in [-0.2, -0.15) is 0 Å². The van der Waals surface area contributed by atoms with Crippen LogP contribution in [-0.4, -0.2) is 44.3 Å². The van der Waals surface area contributed by atoms with Gasteiger partial charge in [0.05, 0.1) is 25.4 Å². The third-order valence-electron chi connectivity index (χ3n) is 3.50. The highest BCUT2D eigenvalue weighted by Crippen LogP contribution is 2.39. The molecule has 7 nitrogen and oxygen atoms in total. The quantitative estimate of drug-likeness (QED) is 0.606. The maximum atomic E-state index is 12.3. The zero-order chi connectivity index (χ0) is 19.5. The zero-order valence-electron chi connectivity index (χ0n) is 16.2. The van der Waals surface area contributed by atoms with Gasteiger partial charge in [-0.25, -0.2) is 4.79 Å². The van der Waals surface area contributed by atoms with Gasteiger partial charge in [0.1, 0.15) is 0 Å². The summed E-state index contributed by atoms with van der Waals surface area (Å²) in [6.07, 6.45) is 0.800. The Balaban J connectivity index is 2.96. The number of ether oxygens (including phenoxy) is 4. The minimum atomic E-state index is -0.630. The molecule has 1 N–H and O–H groups in total. The fourth-order valence-corrected chi connectivity index (χ4v) is 2.14. The molecule has 0 spiro atoms. The van der Waals surface area contributed by atoms with Gasteiger partial charge in [-0.3, -0.25) is 4.79 Å². The lowest BCUT2D eigenvalue weighted by atomic mass is 10.2. The number of nitrogens with one attached hydrogen (secondary N) is 1. The summed E-state index contributed by atoms with van der Waals surface area (Å²) in [6.45, 7) is 10.3. The lowest BCUT2D eigenvalue weighted by Gasteiger charge is -2.17. The van der Waals surface area contributed by atoms with Crippen molar-refractivity contribution in [3.05, 3.63) is 17.7 Å². The fourth-order valence-electron chi connectivity index (χ4n) is 2.14. The molecule has 0 aliphatic rings. The molecular weight excluding hydrogens is 338 g/mol. The molecule has 1 rings (SSSR count). The van der Waals surface area contributed by atoms with Crippen molar-refractivity contribution in [3.63, 3.8) is 0 Å². The predicted octanol–water partition coefficient (Wildman–Crippen LogP) is 2.95. The Hall–Kier alpha value is -2.44. The highest BCUT2D eigenvalue weighted by Gasteiger charge is 2.20. The predicted molar refractivity (Wildman–Crippen MR) is 98.1 cm³/mol. The van der Waals surface area contributed by atoms with Crippen LogP contribution in [0.15, 0.2) is 12.1 Å². The van der Waals surface area contributed by atoms with E-state index in [0.29, 0.717) is 37.1 Å². The lowest BCUT2D eigenvalue weighted by Crippen LogP contribution is -2.35. The molecule has 26 heavy (non-hydrogen) atoms. The number of esters is 1. The van der Waals surface area contributed by atoms with E-state index in [1.165, 1.54) is 12.1 Å². The zero-order valence-corrected chi connectivity index (χ0v) is 16.2. The number of benzene rings is 1. The van der Waals surface area contributed by atoms with E-state index in [4.69, 9.17) is 18.9 Å². The fraction of sp³-hybridized carbons (Fsp3) is 0.579. The second-order valence-electron chi connectivity index (χ2n) is 5.55. The van der Waals surface area contributed by atoms with Crippen LogP contribution in [0.4, 0.5) is 0 Å². The Morgan fingerprint density at radius 2 is 1.50 bits per heavy atom. The lowest BCUT2D eigenvalue weighted by molar-refractivity contribution is -0.124. The third-order valence-corrected chi connectivity index (χ3v) is 3.50. The van der Waals surface area contributed by atoms with E-state index in [1.807, 2.05) is 34.6 Å². The normalized spacial score (nSPS) is 11.4. The summed E-state index contributed by atoms with van der Waals surface area (Å²) in [5, 5.41) is 2.74. The van der Waals surface area contributed by atoms with Crippen LogP contribution < -0.4 is 19.5 Å². The Morgan fingerprint density at radius 3 is 1.96 bits per heavy atom. The van der Waals surface area contributed by atoms with Gasteiger partial charge in [-0.15, -0.1) is 0 Å². The van der Waals surface area contributed by atoms with Gasteiger partial charge < -0.3 is 24.3 Å². The molecule has 0 aliphatic heterocycles. The first-order valence-corrected chi connectivity index (χ1v) is 8.99. The van der Waals surface area contributed by atoms with Crippen LogP contribution in [0, 0.1) is 0 Å². The number of carbonyl (C=O) groups is 2. The van der Waals surface area contributed by atoms with E-state index in [1.54, 1.807) is 0 Å². The second-order valence-corrected chi connectivity index (χ2v) is 5.55. The summed E-state index contributed by atoms with van der Waals surface area (Å²) in [7, 11) is 0. The van der Waals surface area contributed by atoms with Gasteiger partial charge in [-0.1, -0.05) is 6.92 Å². The van der Waals surface area contributed by atoms with Crippen molar-refractivity contribution in [3.8, 4) is 17.2 Å². The number of carbonyl (C=O) groups excluding carboxylic acids is 2. The van der Waals surface area contributed by atoms with Crippen LogP contribution >= 0.6 is 0 Å². The van der Waals surface area contributed by atoms with Gasteiger partial charge in [0.15, 0.2) is 18.1 Å². The van der Waals surface area contributed by atoms with Gasteiger partial charge >= 0.3 is 5.97 Å². The number of hydrogen-bond acceptors (Lipinski definition) is 6. The van der Waals surface area contributed by atoms with Crippen molar-refractivity contribution in [2.24, 2.45) is 0 Å². The molecule has 0 saturated carbocycles. The summed E-state index contributed by atoms with van der Waals surface area (Å²) < 4.78 is 21.8. The summed E-state index contributed by atoms with van der Waals surface area (Å²) in [5.74, 6) is 0.276. The standard InChI is InChI=1S/C19H29NO6/c1-6-13(5)20-17(21)12-26-19(22)14-10-15(23-7-2)18(25-9-4)16(11-14)24-8-3/h10-11,13H,6-9,12H2,1-5H3,(H,20,21)/t13-/m1/s1. The highest BCUT2D eigenvalue weighted by molar-refractivity contribution is 5.92. The molecule has 0 aliphatic carbocycles. The van der Waals surface area contributed by atoms with E-state index in [0.717, 1.165) is 6.42 Å². The second kappa shape index (κ2) is 11.2. The number of amides is 1. The molecule has 1 atom stereocenters. The molecule has 0 radical (unpaired) electrons. The smallest absolute Gasteiger partial charge is 0.338 e. The van der Waals surface area contributed by atoms with Crippen LogP contribution in [0.2, 0.25) is 0 Å². The van der Waals surface area contributed by atoms with E-state index >= 15 is 0 Å². The van der Waals surface area contributed by atoms with Crippen molar-refractivity contribution in [2.45, 2.75) is 47.1 Å². The molecule has 146 valence electrons. The van der Waals surface area contributed by atoms with Gasteiger partial charge in [0.2, 0.25) is 5.75 Å². The van der Waals surface area contributed by atoms with E-state index < -0.39 is 5.97 Å². The summed E-state index contributed by atoms with van der Waals surface area (Å²) in [5.41, 5.74) is 0.233. The molecule has 7 heteroatoms. The molecule has 1 amide bonds. The Morgan fingerprint density at radius 1 is 0.962 bits per heavy atom. The van der Waals surface area contributed by atoms with Crippen molar-refractivity contribution in [2.75, 3.05) is 26.4 Å². The maximum absolute atomic E-state index is 12.3. The first-order chi connectivity index (χ1) is 12.5. The number of hydrogen-bond donors (Lipinski definition) is 1. The van der Waals surface area contributed by atoms with Crippen molar-refractivity contribution in [1.82, 2.24) is 5.32 Å². The molecule has 1 aromatic rings. The van der Waals surface area contributed by atoms with Crippen LogP contribution in [-0.2, 0) is 9.53 Å². The van der Waals surface area contributed by atoms with Crippen LogP contribution in [0.1, 0.15) is 51.4 Å². The van der Waals surface area contributed by atoms with Crippen LogP contribution in [0.25, 0.3) is 0 Å². The van der Waals surface area contributed by atoms with Crippen molar-refractivity contribution < 1.29 is 28.5 Å². The third kappa shape index (κ3) is 6.46. The molecule has 0 fully saturated rings. The average Bonchev–Trinajstić information content (AvgIpc) is 2.62. The monoisotopic (exact) mass is 367 g/mol. The van der Waals surface area contributed by atoms with Gasteiger partial charge in [0.25, 0.3) is 5.91 Å². The molecule has 0 unspecified atom stereocenters. The van der Waals surface area contributed by atoms with Crippen molar-refractivity contribution in [1.29, 1.82) is 0 Å². The SMILES string of the molecule is CCOc1cc(C(=O)OCC(=O)N[C@H](C)CC)cc(OCC)c1OCC. The molecule has 0 saturated heterocycles. The van der Waals surface area contributed by atoms with Crippen LogP contribution in [0.3, 0.4) is 0 Å². The summed E-state index contributed by atoms with van der Waals surface area (Å²) >= 11 is 0. The van der Waals surface area contributed by atoms with Crippen molar-refractivity contribution >= 4 is 11.9 Å². The first-order valence-electron chi connectivity index (χ1n) is 8.99. The van der Waals surface area contributed by atoms with Gasteiger partial charge in [0, 0.05) is 6.04 Å². The maximum Gasteiger partial charge on any atom is 0.338 e. The summed E-state index contributed by atoms with van der Waals surface area (Å²) in [6, 6.07) is 3.10. The molecule has 1 aromatic carbocycles. The minimum Gasteiger partial charge on any atom is -0.490 e. The summed E-state index contributed by atoms with van der Waals surface area (Å²) in [4.78, 5) is 24.1. The van der Waals surface area contributed by atoms with Gasteiger partial charge in [-0.05, 0) is 46.2 Å². The first kappa shape index (κ1) is 21.6. The van der Waals surface area contributed by atoms with E-state index in [-0.39, 0.29) is 24.1 Å².